The maximum absolute atomic E-state index is 12.5. The van der Waals surface area contributed by atoms with E-state index in [1.165, 1.54) is 12.1 Å². The fourth-order valence-electron chi connectivity index (χ4n) is 2.21. The SMILES string of the molecule is Cc1cc(O)c(C(C)C)cc1NS(=O)(=O)c1ccccc1N. The van der Waals surface area contributed by atoms with Crippen LogP contribution in [0.25, 0.3) is 0 Å². The van der Waals surface area contributed by atoms with Crippen molar-refractivity contribution in [2.45, 2.75) is 31.6 Å². The predicted molar refractivity (Wildman–Crippen MR) is 88.6 cm³/mol. The number of phenolic OH excluding ortho intramolecular Hbond substituents is 1. The smallest absolute Gasteiger partial charge is 0.263 e. The molecular formula is C16H20N2O3S. The van der Waals surface area contributed by atoms with E-state index in [1.54, 1.807) is 31.2 Å². The first-order valence-corrected chi connectivity index (χ1v) is 8.41. The number of nitrogens with two attached hydrogens (primary N) is 1. The van der Waals surface area contributed by atoms with Crippen molar-refractivity contribution in [3.05, 3.63) is 47.5 Å². The van der Waals surface area contributed by atoms with Crippen LogP contribution < -0.4 is 10.5 Å². The summed E-state index contributed by atoms with van der Waals surface area (Å²) in [6.45, 7) is 5.59. The molecule has 0 aliphatic heterocycles. The van der Waals surface area contributed by atoms with Crippen LogP contribution in [0.2, 0.25) is 0 Å². The average molecular weight is 320 g/mol. The van der Waals surface area contributed by atoms with Crippen molar-refractivity contribution in [1.29, 1.82) is 0 Å². The first kappa shape index (κ1) is 16.2. The number of para-hydroxylation sites is 1. The van der Waals surface area contributed by atoms with Crippen LogP contribution in [0.1, 0.15) is 30.9 Å². The Kier molecular flexibility index (Phi) is 4.32. The van der Waals surface area contributed by atoms with Crippen molar-refractivity contribution < 1.29 is 13.5 Å². The highest BCUT2D eigenvalue weighted by molar-refractivity contribution is 7.92. The maximum Gasteiger partial charge on any atom is 0.263 e. The third-order valence-electron chi connectivity index (χ3n) is 3.45. The molecular weight excluding hydrogens is 300 g/mol. The summed E-state index contributed by atoms with van der Waals surface area (Å²) in [6, 6.07) is 9.51. The van der Waals surface area contributed by atoms with Crippen molar-refractivity contribution in [2.75, 3.05) is 10.5 Å². The summed E-state index contributed by atoms with van der Waals surface area (Å²) in [6.07, 6.45) is 0. The summed E-state index contributed by atoms with van der Waals surface area (Å²) in [5.74, 6) is 0.236. The molecule has 2 rings (SSSR count). The standard InChI is InChI=1S/C16H20N2O3S/c1-10(2)12-9-14(11(3)8-15(12)19)18-22(20,21)16-7-5-4-6-13(16)17/h4-10,18-19H,17H2,1-3H3. The average Bonchev–Trinajstić information content (AvgIpc) is 2.41. The molecule has 0 bridgehead atoms. The molecule has 2 aromatic carbocycles. The maximum atomic E-state index is 12.5. The van der Waals surface area contributed by atoms with Crippen LogP contribution in [-0.4, -0.2) is 13.5 Å². The van der Waals surface area contributed by atoms with Crippen molar-refractivity contribution in [3.63, 3.8) is 0 Å². The van der Waals surface area contributed by atoms with Gasteiger partial charge < -0.3 is 10.8 Å². The molecule has 0 aliphatic carbocycles. The highest BCUT2D eigenvalue weighted by Gasteiger charge is 2.19. The molecule has 5 nitrogen and oxygen atoms in total. The van der Waals surface area contributed by atoms with Gasteiger partial charge in [0.1, 0.15) is 10.6 Å². The van der Waals surface area contributed by atoms with Gasteiger partial charge in [0.15, 0.2) is 0 Å². The number of nitrogen functional groups attached to an aromatic ring is 1. The number of aryl methyl sites for hydroxylation is 1. The Balaban J connectivity index is 2.47. The normalized spacial score (nSPS) is 11.6. The van der Waals surface area contributed by atoms with Gasteiger partial charge in [-0.15, -0.1) is 0 Å². The second-order valence-electron chi connectivity index (χ2n) is 5.52. The second-order valence-corrected chi connectivity index (χ2v) is 7.17. The van der Waals surface area contributed by atoms with Gasteiger partial charge in [0.25, 0.3) is 10.0 Å². The molecule has 6 heteroatoms. The van der Waals surface area contributed by atoms with E-state index >= 15 is 0 Å². The van der Waals surface area contributed by atoms with Crippen LogP contribution >= 0.6 is 0 Å². The number of benzene rings is 2. The van der Waals surface area contributed by atoms with E-state index in [1.807, 2.05) is 13.8 Å². The van der Waals surface area contributed by atoms with Gasteiger partial charge in [0.05, 0.1) is 11.4 Å². The van der Waals surface area contributed by atoms with E-state index in [-0.39, 0.29) is 22.3 Å². The van der Waals surface area contributed by atoms with Gasteiger partial charge in [0, 0.05) is 0 Å². The molecule has 22 heavy (non-hydrogen) atoms. The lowest BCUT2D eigenvalue weighted by Gasteiger charge is -2.16. The molecule has 0 unspecified atom stereocenters. The Morgan fingerprint density at radius 3 is 2.41 bits per heavy atom. The van der Waals surface area contributed by atoms with E-state index in [0.29, 0.717) is 16.8 Å². The number of nitrogens with one attached hydrogen (secondary N) is 1. The minimum atomic E-state index is -3.78. The van der Waals surface area contributed by atoms with E-state index < -0.39 is 10.0 Å². The first-order valence-electron chi connectivity index (χ1n) is 6.93. The van der Waals surface area contributed by atoms with E-state index in [9.17, 15) is 13.5 Å². The zero-order valence-electron chi connectivity index (χ0n) is 12.8. The summed E-state index contributed by atoms with van der Waals surface area (Å²) >= 11 is 0. The quantitative estimate of drug-likeness (QED) is 0.596. The molecule has 0 saturated heterocycles. The Morgan fingerprint density at radius 2 is 1.82 bits per heavy atom. The van der Waals surface area contributed by atoms with Crippen molar-refractivity contribution >= 4 is 21.4 Å². The number of phenols is 1. The molecule has 2 aromatic rings. The first-order chi connectivity index (χ1) is 10.2. The number of sulfonamides is 1. The molecule has 0 radical (unpaired) electrons. The van der Waals surface area contributed by atoms with Crippen LogP contribution in [0.4, 0.5) is 11.4 Å². The molecule has 0 heterocycles. The number of rotatable bonds is 4. The highest BCUT2D eigenvalue weighted by atomic mass is 32.2. The van der Waals surface area contributed by atoms with Crippen LogP contribution in [0, 0.1) is 6.92 Å². The Hall–Kier alpha value is -2.21. The fourth-order valence-corrected chi connectivity index (χ4v) is 3.46. The number of anilines is 2. The molecule has 118 valence electrons. The van der Waals surface area contributed by atoms with Crippen LogP contribution in [0.5, 0.6) is 5.75 Å². The zero-order valence-corrected chi connectivity index (χ0v) is 13.6. The molecule has 0 amide bonds. The van der Waals surface area contributed by atoms with Gasteiger partial charge in [-0.05, 0) is 48.2 Å². The largest absolute Gasteiger partial charge is 0.508 e. The van der Waals surface area contributed by atoms with Gasteiger partial charge in [-0.2, -0.15) is 0 Å². The topological polar surface area (TPSA) is 92.4 Å². The molecule has 0 aliphatic rings. The second kappa shape index (κ2) is 5.88. The fraction of sp³-hybridized carbons (Fsp3) is 0.250. The minimum absolute atomic E-state index is 0.0357. The van der Waals surface area contributed by atoms with Gasteiger partial charge >= 0.3 is 0 Å². The van der Waals surface area contributed by atoms with Crippen molar-refractivity contribution in [3.8, 4) is 5.75 Å². The molecule has 0 saturated carbocycles. The molecule has 0 spiro atoms. The van der Waals surface area contributed by atoms with Crippen LogP contribution in [0.3, 0.4) is 0 Å². The minimum Gasteiger partial charge on any atom is -0.508 e. The summed E-state index contributed by atoms with van der Waals surface area (Å²) in [5.41, 5.74) is 7.69. The predicted octanol–water partition coefficient (Wildman–Crippen LogP) is 3.21. The lowest BCUT2D eigenvalue weighted by atomic mass is 9.99. The number of hydrogen-bond donors (Lipinski definition) is 3. The Bertz CT molecular complexity index is 799. The van der Waals surface area contributed by atoms with Gasteiger partial charge in [0.2, 0.25) is 0 Å². The van der Waals surface area contributed by atoms with Crippen molar-refractivity contribution in [1.82, 2.24) is 0 Å². The van der Waals surface area contributed by atoms with Crippen LogP contribution in [-0.2, 0) is 10.0 Å². The summed E-state index contributed by atoms with van der Waals surface area (Å²) < 4.78 is 27.5. The third kappa shape index (κ3) is 3.17. The van der Waals surface area contributed by atoms with Gasteiger partial charge in [-0.25, -0.2) is 8.42 Å². The Morgan fingerprint density at radius 1 is 1.18 bits per heavy atom. The number of aromatic hydroxyl groups is 1. The molecule has 0 atom stereocenters. The summed E-state index contributed by atoms with van der Waals surface area (Å²) in [5, 5.41) is 9.95. The van der Waals surface area contributed by atoms with Crippen molar-refractivity contribution in [2.24, 2.45) is 0 Å². The summed E-state index contributed by atoms with van der Waals surface area (Å²) in [4.78, 5) is 0.0357. The Labute approximate surface area is 130 Å². The lowest BCUT2D eigenvalue weighted by Crippen LogP contribution is -2.15. The zero-order chi connectivity index (χ0) is 16.5. The highest BCUT2D eigenvalue weighted by Crippen LogP contribution is 2.32. The van der Waals surface area contributed by atoms with E-state index in [0.717, 1.165) is 0 Å². The van der Waals surface area contributed by atoms with Crippen LogP contribution in [0.15, 0.2) is 41.3 Å². The lowest BCUT2D eigenvalue weighted by molar-refractivity contribution is 0.464. The van der Waals surface area contributed by atoms with E-state index in [4.69, 9.17) is 5.73 Å². The molecule has 4 N–H and O–H groups in total. The monoisotopic (exact) mass is 320 g/mol. The van der Waals surface area contributed by atoms with Gasteiger partial charge in [-0.1, -0.05) is 26.0 Å². The molecule has 0 aromatic heterocycles. The summed E-state index contributed by atoms with van der Waals surface area (Å²) in [7, 11) is -3.78. The van der Waals surface area contributed by atoms with Gasteiger partial charge in [-0.3, -0.25) is 4.72 Å². The number of hydrogen-bond acceptors (Lipinski definition) is 4. The molecule has 0 fully saturated rings. The third-order valence-corrected chi connectivity index (χ3v) is 4.89. The van der Waals surface area contributed by atoms with E-state index in [2.05, 4.69) is 4.72 Å².